The Hall–Kier alpha value is -2.75. The van der Waals surface area contributed by atoms with E-state index in [1.54, 1.807) is 6.08 Å². The van der Waals surface area contributed by atoms with Gasteiger partial charge in [0, 0.05) is 0 Å². The first-order valence-corrected chi connectivity index (χ1v) is 10.0. The Balaban J connectivity index is 1.99. The van der Waals surface area contributed by atoms with E-state index in [0.717, 1.165) is 42.6 Å². The van der Waals surface area contributed by atoms with Gasteiger partial charge in [-0.1, -0.05) is 69.2 Å². The van der Waals surface area contributed by atoms with E-state index < -0.39 is 5.97 Å². The number of ether oxygens (including phenoxy) is 3. The van der Waals surface area contributed by atoms with Crippen molar-refractivity contribution < 1.29 is 19.0 Å². The van der Waals surface area contributed by atoms with Crippen LogP contribution in [0.1, 0.15) is 50.7 Å². The van der Waals surface area contributed by atoms with Crippen molar-refractivity contribution in [1.82, 2.24) is 0 Å². The molecule has 0 heterocycles. The molecule has 2 rings (SSSR count). The highest BCUT2D eigenvalue weighted by Crippen LogP contribution is 2.17. The summed E-state index contributed by atoms with van der Waals surface area (Å²) in [6.45, 7) is 5.58. The quantitative estimate of drug-likeness (QED) is 0.202. The summed E-state index contributed by atoms with van der Waals surface area (Å²) in [6.07, 6.45) is 5.46. The van der Waals surface area contributed by atoms with Crippen LogP contribution in [-0.2, 0) is 20.9 Å². The van der Waals surface area contributed by atoms with E-state index in [4.69, 9.17) is 14.2 Å². The molecule has 0 atom stereocenters. The van der Waals surface area contributed by atoms with Gasteiger partial charge < -0.3 is 14.2 Å². The van der Waals surface area contributed by atoms with Gasteiger partial charge in [-0.05, 0) is 42.2 Å². The predicted octanol–water partition coefficient (Wildman–Crippen LogP) is 5.77. The summed E-state index contributed by atoms with van der Waals surface area (Å²) in [5, 5.41) is 0. The Morgan fingerprint density at radius 2 is 1.50 bits per heavy atom. The maximum absolute atomic E-state index is 12.3. The van der Waals surface area contributed by atoms with E-state index in [1.807, 2.05) is 54.6 Å². The highest BCUT2D eigenvalue weighted by Gasteiger charge is 2.13. The van der Waals surface area contributed by atoms with E-state index in [1.165, 1.54) is 0 Å². The number of benzene rings is 2. The number of hydrogen-bond donors (Lipinski definition) is 0. The SMILES string of the molecule is CCCCOC(=O)/C(=C/c1ccc(OCc2ccccc2)cc1)OCCCC. The monoisotopic (exact) mass is 382 g/mol. The number of carbonyl (C=O) groups excluding carboxylic acids is 1. The van der Waals surface area contributed by atoms with Crippen LogP contribution in [-0.4, -0.2) is 19.2 Å². The first-order chi connectivity index (χ1) is 13.7. The summed E-state index contributed by atoms with van der Waals surface area (Å²) in [5.74, 6) is 0.622. The molecular weight excluding hydrogens is 352 g/mol. The van der Waals surface area contributed by atoms with Crippen molar-refractivity contribution in [2.75, 3.05) is 13.2 Å². The Bertz CT molecular complexity index is 720. The first kappa shape index (κ1) is 21.5. The van der Waals surface area contributed by atoms with Crippen molar-refractivity contribution in [3.8, 4) is 5.75 Å². The lowest BCUT2D eigenvalue weighted by molar-refractivity contribution is -0.143. The lowest BCUT2D eigenvalue weighted by atomic mass is 10.2. The predicted molar refractivity (Wildman–Crippen MR) is 112 cm³/mol. The molecule has 0 N–H and O–H groups in total. The number of hydrogen-bond acceptors (Lipinski definition) is 4. The third kappa shape index (κ3) is 7.87. The molecule has 0 saturated heterocycles. The molecule has 0 aliphatic carbocycles. The molecule has 150 valence electrons. The minimum atomic E-state index is -0.408. The fourth-order valence-corrected chi connectivity index (χ4v) is 2.42. The van der Waals surface area contributed by atoms with E-state index >= 15 is 0 Å². The fourth-order valence-electron chi connectivity index (χ4n) is 2.42. The van der Waals surface area contributed by atoms with Crippen molar-refractivity contribution >= 4 is 12.0 Å². The van der Waals surface area contributed by atoms with Crippen molar-refractivity contribution in [1.29, 1.82) is 0 Å². The van der Waals surface area contributed by atoms with Gasteiger partial charge in [-0.2, -0.15) is 0 Å². The van der Waals surface area contributed by atoms with Gasteiger partial charge in [-0.15, -0.1) is 0 Å². The summed E-state index contributed by atoms with van der Waals surface area (Å²) >= 11 is 0. The molecule has 0 amide bonds. The largest absolute Gasteiger partial charge is 0.489 e. The van der Waals surface area contributed by atoms with E-state index in [9.17, 15) is 4.79 Å². The van der Waals surface area contributed by atoms with E-state index in [2.05, 4.69) is 13.8 Å². The number of unbranched alkanes of at least 4 members (excludes halogenated alkanes) is 2. The standard InChI is InChI=1S/C24H30O4/c1-3-5-16-26-23(24(25)27-17-6-4-2)18-20-12-14-22(15-13-20)28-19-21-10-8-7-9-11-21/h7-15,18H,3-6,16-17,19H2,1-2H3/b23-18-. The van der Waals surface area contributed by atoms with Crippen molar-refractivity contribution in [3.63, 3.8) is 0 Å². The van der Waals surface area contributed by atoms with Crippen LogP contribution in [0.3, 0.4) is 0 Å². The second kappa shape index (κ2) is 12.6. The maximum Gasteiger partial charge on any atom is 0.373 e. The van der Waals surface area contributed by atoms with Gasteiger partial charge in [0.2, 0.25) is 5.76 Å². The summed E-state index contributed by atoms with van der Waals surface area (Å²) in [4.78, 5) is 12.3. The second-order valence-electron chi connectivity index (χ2n) is 6.54. The minimum absolute atomic E-state index is 0.252. The average molecular weight is 383 g/mol. The third-order valence-electron chi connectivity index (χ3n) is 4.11. The van der Waals surface area contributed by atoms with Crippen LogP contribution >= 0.6 is 0 Å². The van der Waals surface area contributed by atoms with Crippen LogP contribution in [0.5, 0.6) is 5.75 Å². The van der Waals surface area contributed by atoms with Gasteiger partial charge in [0.1, 0.15) is 12.4 Å². The summed E-state index contributed by atoms with van der Waals surface area (Å²) < 4.78 is 16.8. The van der Waals surface area contributed by atoms with Crippen LogP contribution in [0.4, 0.5) is 0 Å². The normalized spacial score (nSPS) is 11.1. The molecule has 2 aromatic carbocycles. The van der Waals surface area contributed by atoms with Crippen molar-refractivity contribution in [2.24, 2.45) is 0 Å². The molecule has 0 radical (unpaired) electrons. The Labute approximate surface area is 168 Å². The molecule has 0 unspecified atom stereocenters. The van der Waals surface area contributed by atoms with Crippen molar-refractivity contribution in [3.05, 3.63) is 71.5 Å². The fraction of sp³-hybridized carbons (Fsp3) is 0.375. The Kier molecular flexibility index (Phi) is 9.70. The molecule has 4 nitrogen and oxygen atoms in total. The summed E-state index contributed by atoms with van der Waals surface area (Å²) in [7, 11) is 0. The first-order valence-electron chi connectivity index (χ1n) is 10.0. The molecule has 0 aliphatic heterocycles. The number of rotatable bonds is 12. The lowest BCUT2D eigenvalue weighted by Gasteiger charge is -2.11. The van der Waals surface area contributed by atoms with Gasteiger partial charge in [0.05, 0.1) is 13.2 Å². The molecule has 28 heavy (non-hydrogen) atoms. The maximum atomic E-state index is 12.3. The van der Waals surface area contributed by atoms with Crippen LogP contribution in [0.2, 0.25) is 0 Å². The summed E-state index contributed by atoms with van der Waals surface area (Å²) in [5.41, 5.74) is 1.99. The molecule has 2 aromatic rings. The molecule has 0 aliphatic rings. The van der Waals surface area contributed by atoms with Crippen LogP contribution < -0.4 is 4.74 Å². The molecule has 0 bridgehead atoms. The van der Waals surface area contributed by atoms with Crippen molar-refractivity contribution in [2.45, 2.75) is 46.1 Å². The molecule has 0 saturated carbocycles. The highest BCUT2D eigenvalue weighted by molar-refractivity contribution is 5.91. The number of esters is 1. The zero-order valence-corrected chi connectivity index (χ0v) is 16.9. The van der Waals surface area contributed by atoms with Crippen LogP contribution in [0.25, 0.3) is 6.08 Å². The van der Waals surface area contributed by atoms with Crippen LogP contribution in [0.15, 0.2) is 60.4 Å². The lowest BCUT2D eigenvalue weighted by Crippen LogP contribution is -2.12. The Morgan fingerprint density at radius 1 is 0.857 bits per heavy atom. The molecule has 0 aromatic heterocycles. The molecular formula is C24H30O4. The molecule has 4 heteroatoms. The van der Waals surface area contributed by atoms with Crippen LogP contribution in [0, 0.1) is 0 Å². The zero-order valence-electron chi connectivity index (χ0n) is 16.9. The van der Waals surface area contributed by atoms with Gasteiger partial charge in [0.15, 0.2) is 0 Å². The Morgan fingerprint density at radius 3 is 2.14 bits per heavy atom. The summed E-state index contributed by atoms with van der Waals surface area (Å²) in [6, 6.07) is 17.6. The third-order valence-corrected chi connectivity index (χ3v) is 4.11. The topological polar surface area (TPSA) is 44.8 Å². The van der Waals surface area contributed by atoms with Gasteiger partial charge >= 0.3 is 5.97 Å². The highest BCUT2D eigenvalue weighted by atomic mass is 16.6. The minimum Gasteiger partial charge on any atom is -0.489 e. The molecule has 0 spiro atoms. The van der Waals surface area contributed by atoms with Gasteiger partial charge in [-0.25, -0.2) is 4.79 Å². The zero-order chi connectivity index (χ0) is 20.0. The average Bonchev–Trinajstić information content (AvgIpc) is 2.73. The van der Waals surface area contributed by atoms with Gasteiger partial charge in [0.25, 0.3) is 0 Å². The smallest absolute Gasteiger partial charge is 0.373 e. The van der Waals surface area contributed by atoms with E-state index in [-0.39, 0.29) is 5.76 Å². The van der Waals surface area contributed by atoms with E-state index in [0.29, 0.717) is 19.8 Å². The number of carbonyl (C=O) groups is 1. The second-order valence-corrected chi connectivity index (χ2v) is 6.54. The van der Waals surface area contributed by atoms with Gasteiger partial charge in [-0.3, -0.25) is 0 Å². The molecule has 0 fully saturated rings.